The Morgan fingerprint density at radius 1 is 1.53 bits per heavy atom. The molecule has 1 unspecified atom stereocenters. The quantitative estimate of drug-likeness (QED) is 0.850. The van der Waals surface area contributed by atoms with Crippen LogP contribution in [0.25, 0.3) is 0 Å². The number of aromatic nitrogens is 3. The number of nitrogens with zero attached hydrogens (tertiary/aromatic N) is 3. The lowest BCUT2D eigenvalue weighted by Crippen LogP contribution is -2.24. The summed E-state index contributed by atoms with van der Waals surface area (Å²) in [7, 11) is 3.90. The summed E-state index contributed by atoms with van der Waals surface area (Å²) >= 11 is 1.94. The molecule has 0 bridgehead atoms. The first-order valence-electron chi connectivity index (χ1n) is 5.10. The fraction of sp³-hybridized carbons (Fsp3) is 0.800. The molecule has 0 saturated heterocycles. The monoisotopic (exact) mass is 228 g/mol. The molecule has 15 heavy (non-hydrogen) atoms. The lowest BCUT2D eigenvalue weighted by molar-refractivity contribution is 0.578. The average molecular weight is 228 g/mol. The van der Waals surface area contributed by atoms with Crippen molar-refractivity contribution in [2.75, 3.05) is 12.8 Å². The molecular formula is C10H20N4S. The van der Waals surface area contributed by atoms with Gasteiger partial charge in [0.05, 0.1) is 17.9 Å². The van der Waals surface area contributed by atoms with Gasteiger partial charge in [-0.15, -0.1) is 5.10 Å². The predicted octanol–water partition coefficient (Wildman–Crippen LogP) is 1.61. The zero-order chi connectivity index (χ0) is 11.5. The van der Waals surface area contributed by atoms with Gasteiger partial charge in [0, 0.05) is 17.5 Å². The van der Waals surface area contributed by atoms with Crippen LogP contribution in [0.3, 0.4) is 0 Å². The minimum Gasteiger partial charge on any atom is -0.311 e. The largest absolute Gasteiger partial charge is 0.311 e. The van der Waals surface area contributed by atoms with Crippen LogP contribution in [0.1, 0.15) is 32.5 Å². The van der Waals surface area contributed by atoms with Gasteiger partial charge in [-0.2, -0.15) is 11.8 Å². The van der Waals surface area contributed by atoms with Crippen LogP contribution in [-0.4, -0.2) is 32.5 Å². The molecule has 0 aliphatic rings. The Hall–Kier alpha value is -0.550. The summed E-state index contributed by atoms with van der Waals surface area (Å²) in [5.41, 5.74) is 1.13. The van der Waals surface area contributed by atoms with E-state index in [1.807, 2.05) is 36.7 Å². The molecule has 0 saturated carbocycles. The van der Waals surface area contributed by atoms with Crippen LogP contribution >= 0.6 is 11.8 Å². The fourth-order valence-electron chi connectivity index (χ4n) is 1.26. The Morgan fingerprint density at radius 2 is 2.20 bits per heavy atom. The van der Waals surface area contributed by atoms with Crippen LogP contribution in [0, 0.1) is 0 Å². The van der Waals surface area contributed by atoms with Crippen molar-refractivity contribution in [3.63, 3.8) is 0 Å². The van der Waals surface area contributed by atoms with Crippen molar-refractivity contribution >= 4 is 11.8 Å². The van der Waals surface area contributed by atoms with E-state index < -0.39 is 0 Å². The van der Waals surface area contributed by atoms with E-state index in [0.29, 0.717) is 10.8 Å². The molecular weight excluding hydrogens is 208 g/mol. The molecule has 0 aliphatic heterocycles. The van der Waals surface area contributed by atoms with Crippen LogP contribution in [-0.2, 0) is 7.05 Å². The highest BCUT2D eigenvalue weighted by Crippen LogP contribution is 2.27. The van der Waals surface area contributed by atoms with Gasteiger partial charge in [-0.1, -0.05) is 26.0 Å². The van der Waals surface area contributed by atoms with Crippen molar-refractivity contribution in [1.29, 1.82) is 0 Å². The van der Waals surface area contributed by atoms with Crippen LogP contribution in [0.4, 0.5) is 0 Å². The Labute approximate surface area is 95.8 Å². The van der Waals surface area contributed by atoms with Crippen molar-refractivity contribution < 1.29 is 0 Å². The van der Waals surface area contributed by atoms with E-state index in [-0.39, 0.29) is 0 Å². The van der Waals surface area contributed by atoms with E-state index in [2.05, 4.69) is 36.4 Å². The molecule has 86 valence electrons. The van der Waals surface area contributed by atoms with Gasteiger partial charge in [-0.05, 0) is 7.05 Å². The Morgan fingerprint density at radius 3 is 2.60 bits per heavy atom. The number of nitrogens with one attached hydrogen (secondary N) is 1. The highest BCUT2D eigenvalue weighted by atomic mass is 32.2. The summed E-state index contributed by atoms with van der Waals surface area (Å²) < 4.78 is 2.12. The first-order valence-corrected chi connectivity index (χ1v) is 6.08. The van der Waals surface area contributed by atoms with E-state index >= 15 is 0 Å². The van der Waals surface area contributed by atoms with E-state index in [9.17, 15) is 0 Å². The second kappa shape index (κ2) is 4.99. The molecule has 1 N–H and O–H groups in total. The lowest BCUT2D eigenvalue weighted by Gasteiger charge is -2.22. The number of hydrogen-bond donors (Lipinski definition) is 1. The van der Waals surface area contributed by atoms with Gasteiger partial charge in [0.25, 0.3) is 0 Å². The summed E-state index contributed by atoms with van der Waals surface area (Å²) in [5.74, 6) is 1.03. The molecule has 1 atom stereocenters. The highest BCUT2D eigenvalue weighted by Gasteiger charge is 2.18. The molecule has 0 spiro atoms. The van der Waals surface area contributed by atoms with E-state index in [1.165, 1.54) is 0 Å². The Bertz CT molecular complexity index is 303. The number of rotatable bonds is 4. The SMILES string of the molecule is CNC(CSC(C)(C)C)c1cnnn1C. The van der Waals surface area contributed by atoms with Crippen molar-refractivity contribution in [2.24, 2.45) is 7.05 Å². The van der Waals surface area contributed by atoms with E-state index in [1.54, 1.807) is 0 Å². The number of thioether (sulfide) groups is 1. The fourth-order valence-corrected chi connectivity index (χ4v) is 2.27. The van der Waals surface area contributed by atoms with Gasteiger partial charge >= 0.3 is 0 Å². The first-order chi connectivity index (χ1) is 6.94. The van der Waals surface area contributed by atoms with Crippen molar-refractivity contribution in [3.05, 3.63) is 11.9 Å². The Balaban J connectivity index is 2.61. The van der Waals surface area contributed by atoms with Gasteiger partial charge < -0.3 is 5.32 Å². The summed E-state index contributed by atoms with van der Waals surface area (Å²) in [6, 6.07) is 0.314. The third-order valence-electron chi connectivity index (χ3n) is 2.14. The molecule has 0 fully saturated rings. The average Bonchev–Trinajstić information content (AvgIpc) is 2.52. The molecule has 1 heterocycles. The number of hydrogen-bond acceptors (Lipinski definition) is 4. The maximum Gasteiger partial charge on any atom is 0.0761 e. The predicted molar refractivity (Wildman–Crippen MR) is 65.0 cm³/mol. The van der Waals surface area contributed by atoms with Gasteiger partial charge in [-0.3, -0.25) is 4.68 Å². The molecule has 0 aromatic carbocycles. The second-order valence-corrected chi connectivity index (χ2v) is 6.39. The molecule has 5 heteroatoms. The minimum atomic E-state index is 0.293. The van der Waals surface area contributed by atoms with E-state index in [4.69, 9.17) is 0 Å². The van der Waals surface area contributed by atoms with Crippen LogP contribution < -0.4 is 5.32 Å². The maximum atomic E-state index is 3.95. The molecule has 0 aliphatic carbocycles. The topological polar surface area (TPSA) is 42.7 Å². The van der Waals surface area contributed by atoms with E-state index in [0.717, 1.165) is 11.4 Å². The van der Waals surface area contributed by atoms with Crippen molar-refractivity contribution in [2.45, 2.75) is 31.6 Å². The van der Waals surface area contributed by atoms with Gasteiger partial charge in [0.1, 0.15) is 0 Å². The number of aryl methyl sites for hydroxylation is 1. The third kappa shape index (κ3) is 3.83. The summed E-state index contributed by atoms with van der Waals surface area (Å²) in [5, 5.41) is 11.1. The lowest BCUT2D eigenvalue weighted by atomic mass is 10.2. The molecule has 1 aromatic rings. The first kappa shape index (κ1) is 12.5. The van der Waals surface area contributed by atoms with Crippen LogP contribution in [0.15, 0.2) is 6.20 Å². The van der Waals surface area contributed by atoms with Crippen molar-refractivity contribution in [3.8, 4) is 0 Å². The summed E-state index contributed by atoms with van der Waals surface area (Å²) in [6.07, 6.45) is 1.82. The minimum absolute atomic E-state index is 0.293. The van der Waals surface area contributed by atoms with Crippen molar-refractivity contribution in [1.82, 2.24) is 20.3 Å². The van der Waals surface area contributed by atoms with Crippen LogP contribution in [0.2, 0.25) is 0 Å². The van der Waals surface area contributed by atoms with Gasteiger partial charge in [0.15, 0.2) is 0 Å². The molecule has 0 amide bonds. The molecule has 4 nitrogen and oxygen atoms in total. The normalized spacial score (nSPS) is 14.2. The zero-order valence-corrected chi connectivity index (χ0v) is 10.9. The molecule has 0 radical (unpaired) electrons. The highest BCUT2D eigenvalue weighted by molar-refractivity contribution is 8.00. The standard InChI is InChI=1S/C10H20N4S/c1-10(2,3)15-7-8(11-4)9-6-12-13-14(9)5/h6,8,11H,7H2,1-5H3. The van der Waals surface area contributed by atoms with Gasteiger partial charge in [0.2, 0.25) is 0 Å². The Kier molecular flexibility index (Phi) is 4.16. The third-order valence-corrected chi connectivity index (χ3v) is 3.50. The summed E-state index contributed by atoms with van der Waals surface area (Å²) in [6.45, 7) is 6.68. The second-order valence-electron chi connectivity index (χ2n) is 4.55. The van der Waals surface area contributed by atoms with Crippen LogP contribution in [0.5, 0.6) is 0 Å². The molecule has 1 aromatic heterocycles. The maximum absolute atomic E-state index is 3.95. The summed E-state index contributed by atoms with van der Waals surface area (Å²) in [4.78, 5) is 0. The van der Waals surface area contributed by atoms with Gasteiger partial charge in [-0.25, -0.2) is 0 Å². The molecule has 1 rings (SSSR count). The smallest absolute Gasteiger partial charge is 0.0761 e. The zero-order valence-electron chi connectivity index (χ0n) is 10.1.